The number of piperidine rings is 1. The van der Waals surface area contributed by atoms with Gasteiger partial charge in [0.1, 0.15) is 5.75 Å². The van der Waals surface area contributed by atoms with E-state index in [0.717, 1.165) is 25.9 Å². The molecule has 0 bridgehead atoms. The number of nitrogens with one attached hydrogen (secondary N) is 1. The summed E-state index contributed by atoms with van der Waals surface area (Å²) in [7, 11) is 0. The Balaban J connectivity index is 1.66. The lowest BCUT2D eigenvalue weighted by Crippen LogP contribution is -2.37. The number of hydrogen-bond acceptors (Lipinski definition) is 3. The molecule has 0 atom stereocenters. The minimum atomic E-state index is -0.236. The number of anilines is 1. The normalized spacial score (nSPS) is 14.8. The van der Waals surface area contributed by atoms with Gasteiger partial charge >= 0.3 is 0 Å². The number of nitrogens with zero attached hydrogens (tertiary/aromatic N) is 1. The topological polar surface area (TPSA) is 58.6 Å². The first-order chi connectivity index (χ1) is 13.4. The summed E-state index contributed by atoms with van der Waals surface area (Å²) in [5.74, 6) is 1.06. The summed E-state index contributed by atoms with van der Waals surface area (Å²) in [6.07, 6.45) is 2.09. The van der Waals surface area contributed by atoms with Gasteiger partial charge in [0, 0.05) is 24.3 Å². The molecule has 2 amide bonds. The van der Waals surface area contributed by atoms with Gasteiger partial charge in [0.15, 0.2) is 0 Å². The number of hydrogen-bond donors (Lipinski definition) is 1. The van der Waals surface area contributed by atoms with Gasteiger partial charge in [0.25, 0.3) is 11.8 Å². The maximum absolute atomic E-state index is 12.6. The van der Waals surface area contributed by atoms with Crippen molar-refractivity contribution in [3.8, 4) is 5.75 Å². The highest BCUT2D eigenvalue weighted by atomic mass is 16.5. The summed E-state index contributed by atoms with van der Waals surface area (Å²) in [4.78, 5) is 27.2. The summed E-state index contributed by atoms with van der Waals surface area (Å²) >= 11 is 0. The molecule has 5 heteroatoms. The molecule has 1 heterocycles. The van der Waals surface area contributed by atoms with Crippen LogP contribution >= 0.6 is 0 Å². The van der Waals surface area contributed by atoms with E-state index < -0.39 is 0 Å². The van der Waals surface area contributed by atoms with Crippen LogP contribution in [0.25, 0.3) is 0 Å². The van der Waals surface area contributed by atoms with Crippen molar-refractivity contribution >= 4 is 17.5 Å². The van der Waals surface area contributed by atoms with Gasteiger partial charge in [-0.25, -0.2) is 0 Å². The third-order valence-corrected chi connectivity index (χ3v) is 4.95. The van der Waals surface area contributed by atoms with Gasteiger partial charge in [-0.05, 0) is 69.0 Å². The first-order valence-electron chi connectivity index (χ1n) is 9.90. The Kier molecular flexibility index (Phi) is 6.34. The smallest absolute Gasteiger partial charge is 0.259 e. The van der Waals surface area contributed by atoms with Gasteiger partial charge in [-0.3, -0.25) is 9.59 Å². The molecule has 1 saturated heterocycles. The van der Waals surface area contributed by atoms with Crippen molar-refractivity contribution in [3.05, 3.63) is 59.7 Å². The molecule has 1 aliphatic rings. The number of para-hydroxylation sites is 1. The van der Waals surface area contributed by atoms with Gasteiger partial charge in [0.05, 0.1) is 11.7 Å². The predicted octanol–water partition coefficient (Wildman–Crippen LogP) is 4.60. The van der Waals surface area contributed by atoms with Crippen molar-refractivity contribution in [1.29, 1.82) is 0 Å². The molecule has 28 heavy (non-hydrogen) atoms. The summed E-state index contributed by atoms with van der Waals surface area (Å²) in [6, 6.07) is 14.3. The maximum atomic E-state index is 12.6. The Morgan fingerprint density at radius 3 is 2.32 bits per heavy atom. The molecule has 2 aromatic rings. The molecule has 1 aliphatic heterocycles. The fourth-order valence-corrected chi connectivity index (χ4v) is 3.30. The number of rotatable bonds is 5. The number of ether oxygens (including phenoxy) is 1. The molecule has 3 rings (SSSR count). The van der Waals surface area contributed by atoms with Crippen LogP contribution in [-0.2, 0) is 0 Å². The zero-order valence-electron chi connectivity index (χ0n) is 16.8. The average molecular weight is 380 g/mol. The minimum Gasteiger partial charge on any atom is -0.490 e. The van der Waals surface area contributed by atoms with Crippen LogP contribution < -0.4 is 10.1 Å². The molecule has 148 valence electrons. The molecule has 0 unspecified atom stereocenters. The number of benzene rings is 2. The Bertz CT molecular complexity index is 822. The molecular weight excluding hydrogens is 352 g/mol. The zero-order chi connectivity index (χ0) is 20.1. The van der Waals surface area contributed by atoms with Crippen molar-refractivity contribution in [2.45, 2.75) is 39.7 Å². The van der Waals surface area contributed by atoms with E-state index in [1.807, 2.05) is 30.9 Å². The SMILES string of the molecule is CC1CCN(C(=O)c2ccc(NC(=O)c3ccccc3OC(C)C)cc2)CC1. The van der Waals surface area contributed by atoms with E-state index in [-0.39, 0.29) is 17.9 Å². The van der Waals surface area contributed by atoms with Crippen molar-refractivity contribution in [3.63, 3.8) is 0 Å². The van der Waals surface area contributed by atoms with Crippen LogP contribution in [0.15, 0.2) is 48.5 Å². The van der Waals surface area contributed by atoms with E-state index in [4.69, 9.17) is 4.74 Å². The second-order valence-corrected chi connectivity index (χ2v) is 7.67. The number of likely N-dealkylation sites (tertiary alicyclic amines) is 1. The Labute approximate surface area is 166 Å². The maximum Gasteiger partial charge on any atom is 0.259 e. The Morgan fingerprint density at radius 2 is 1.68 bits per heavy atom. The molecular formula is C23H28N2O3. The largest absolute Gasteiger partial charge is 0.490 e. The van der Waals surface area contributed by atoms with Crippen molar-refractivity contribution < 1.29 is 14.3 Å². The third-order valence-electron chi connectivity index (χ3n) is 4.95. The second-order valence-electron chi connectivity index (χ2n) is 7.67. The quantitative estimate of drug-likeness (QED) is 0.825. The number of carbonyl (C=O) groups excluding carboxylic acids is 2. The Morgan fingerprint density at radius 1 is 1.04 bits per heavy atom. The molecule has 0 spiro atoms. The lowest BCUT2D eigenvalue weighted by atomic mass is 9.98. The molecule has 5 nitrogen and oxygen atoms in total. The average Bonchev–Trinajstić information content (AvgIpc) is 2.68. The molecule has 2 aromatic carbocycles. The summed E-state index contributed by atoms with van der Waals surface area (Å²) in [6.45, 7) is 7.70. The summed E-state index contributed by atoms with van der Waals surface area (Å²) in [5.41, 5.74) is 1.78. The summed E-state index contributed by atoms with van der Waals surface area (Å²) < 4.78 is 5.72. The third kappa shape index (κ3) is 4.91. The first-order valence-corrected chi connectivity index (χ1v) is 9.90. The highest BCUT2D eigenvalue weighted by Crippen LogP contribution is 2.22. The van der Waals surface area contributed by atoms with Crippen molar-refractivity contribution in [2.75, 3.05) is 18.4 Å². The van der Waals surface area contributed by atoms with E-state index in [0.29, 0.717) is 28.5 Å². The van der Waals surface area contributed by atoms with Crippen LogP contribution in [0.2, 0.25) is 0 Å². The van der Waals surface area contributed by atoms with E-state index >= 15 is 0 Å². The molecule has 0 saturated carbocycles. The summed E-state index contributed by atoms with van der Waals surface area (Å²) in [5, 5.41) is 2.88. The van der Waals surface area contributed by atoms with E-state index in [9.17, 15) is 9.59 Å². The highest BCUT2D eigenvalue weighted by Gasteiger charge is 2.21. The molecule has 0 aliphatic carbocycles. The Hall–Kier alpha value is -2.82. The number of amides is 2. The fourth-order valence-electron chi connectivity index (χ4n) is 3.30. The molecule has 0 radical (unpaired) electrons. The number of carbonyl (C=O) groups is 2. The van der Waals surface area contributed by atoms with Gasteiger partial charge in [0.2, 0.25) is 0 Å². The first kappa shape index (κ1) is 19.9. The van der Waals surface area contributed by atoms with E-state index in [2.05, 4.69) is 12.2 Å². The predicted molar refractivity (Wildman–Crippen MR) is 111 cm³/mol. The van der Waals surface area contributed by atoms with Crippen LogP contribution in [0.3, 0.4) is 0 Å². The second kappa shape index (κ2) is 8.91. The van der Waals surface area contributed by atoms with Crippen LogP contribution in [-0.4, -0.2) is 35.9 Å². The van der Waals surface area contributed by atoms with Crippen molar-refractivity contribution in [1.82, 2.24) is 4.90 Å². The van der Waals surface area contributed by atoms with Gasteiger partial charge in [-0.2, -0.15) is 0 Å². The molecule has 1 N–H and O–H groups in total. The zero-order valence-corrected chi connectivity index (χ0v) is 16.8. The van der Waals surface area contributed by atoms with Gasteiger partial charge < -0.3 is 15.0 Å². The van der Waals surface area contributed by atoms with Crippen LogP contribution in [0.4, 0.5) is 5.69 Å². The molecule has 0 aromatic heterocycles. The van der Waals surface area contributed by atoms with Crippen LogP contribution in [0.1, 0.15) is 54.3 Å². The minimum absolute atomic E-state index is 0.0166. The van der Waals surface area contributed by atoms with Gasteiger partial charge in [-0.15, -0.1) is 0 Å². The van der Waals surface area contributed by atoms with Gasteiger partial charge in [-0.1, -0.05) is 19.1 Å². The van der Waals surface area contributed by atoms with Crippen LogP contribution in [0.5, 0.6) is 5.75 Å². The lowest BCUT2D eigenvalue weighted by Gasteiger charge is -2.30. The van der Waals surface area contributed by atoms with Crippen molar-refractivity contribution in [2.24, 2.45) is 5.92 Å². The van der Waals surface area contributed by atoms with E-state index in [1.165, 1.54) is 0 Å². The highest BCUT2D eigenvalue weighted by molar-refractivity contribution is 6.06. The van der Waals surface area contributed by atoms with Crippen LogP contribution in [0, 0.1) is 5.92 Å². The standard InChI is InChI=1S/C23H28N2O3/c1-16(2)28-21-7-5-4-6-20(21)22(26)24-19-10-8-18(9-11-19)23(27)25-14-12-17(3)13-15-25/h4-11,16-17H,12-15H2,1-3H3,(H,24,26). The lowest BCUT2D eigenvalue weighted by molar-refractivity contribution is 0.0697. The fraction of sp³-hybridized carbons (Fsp3) is 0.391. The molecule has 1 fully saturated rings. The van der Waals surface area contributed by atoms with E-state index in [1.54, 1.807) is 36.4 Å². The monoisotopic (exact) mass is 380 g/mol.